The predicted octanol–water partition coefficient (Wildman–Crippen LogP) is 5.76. The van der Waals surface area contributed by atoms with Gasteiger partial charge in [0.15, 0.2) is 5.16 Å². The maximum atomic E-state index is 12.7. The van der Waals surface area contributed by atoms with Crippen molar-refractivity contribution in [3.05, 3.63) is 71.0 Å². The summed E-state index contributed by atoms with van der Waals surface area (Å²) in [4.78, 5) is 0. The summed E-state index contributed by atoms with van der Waals surface area (Å²) in [6, 6.07) is 13.5. The van der Waals surface area contributed by atoms with Crippen LogP contribution in [0.5, 0.6) is 0 Å². The Morgan fingerprint density at radius 1 is 1.00 bits per heavy atom. The van der Waals surface area contributed by atoms with Crippen LogP contribution in [0.15, 0.2) is 53.7 Å². The van der Waals surface area contributed by atoms with Crippen molar-refractivity contribution in [2.45, 2.75) is 42.8 Å². The lowest BCUT2D eigenvalue weighted by molar-refractivity contribution is -0.137. The molecule has 0 saturated heterocycles. The van der Waals surface area contributed by atoms with Gasteiger partial charge in [-0.15, -0.1) is 10.2 Å². The number of alkyl halides is 3. The molecule has 1 saturated carbocycles. The van der Waals surface area contributed by atoms with Gasteiger partial charge in [-0.05, 0) is 49.6 Å². The van der Waals surface area contributed by atoms with Crippen LogP contribution in [-0.4, -0.2) is 14.8 Å². The van der Waals surface area contributed by atoms with Crippen LogP contribution in [0.4, 0.5) is 13.2 Å². The Balaban J connectivity index is 1.56. The van der Waals surface area contributed by atoms with E-state index in [0.717, 1.165) is 47.2 Å². The summed E-state index contributed by atoms with van der Waals surface area (Å²) >= 11 is 1.49. The highest BCUT2D eigenvalue weighted by molar-refractivity contribution is 7.98. The average molecular weight is 389 g/mol. The van der Waals surface area contributed by atoms with Crippen molar-refractivity contribution in [1.29, 1.82) is 0 Å². The number of aryl methyl sites for hydroxylation is 1. The van der Waals surface area contributed by atoms with Gasteiger partial charge in [0.1, 0.15) is 5.82 Å². The van der Waals surface area contributed by atoms with Crippen molar-refractivity contribution in [2.75, 3.05) is 0 Å². The molecule has 140 valence electrons. The first kappa shape index (κ1) is 18.1. The van der Waals surface area contributed by atoms with Gasteiger partial charge in [-0.1, -0.05) is 41.6 Å². The highest BCUT2D eigenvalue weighted by Crippen LogP contribution is 2.41. The molecule has 3 aromatic rings. The van der Waals surface area contributed by atoms with Gasteiger partial charge in [0.25, 0.3) is 0 Å². The van der Waals surface area contributed by atoms with Gasteiger partial charge in [-0.3, -0.25) is 4.57 Å². The fourth-order valence-electron chi connectivity index (χ4n) is 2.85. The summed E-state index contributed by atoms with van der Waals surface area (Å²) in [7, 11) is 0. The molecule has 4 rings (SSSR count). The van der Waals surface area contributed by atoms with Crippen LogP contribution in [0.1, 0.15) is 41.3 Å². The fraction of sp³-hybridized carbons (Fsp3) is 0.300. The lowest BCUT2D eigenvalue weighted by atomic mass is 10.1. The minimum absolute atomic E-state index is 0.444. The van der Waals surface area contributed by atoms with E-state index in [0.29, 0.717) is 11.7 Å². The van der Waals surface area contributed by atoms with Crippen LogP contribution in [-0.2, 0) is 11.9 Å². The molecule has 3 nitrogen and oxygen atoms in total. The fourth-order valence-corrected chi connectivity index (χ4v) is 3.77. The number of benzene rings is 2. The molecule has 1 aliphatic rings. The second-order valence-electron chi connectivity index (χ2n) is 6.77. The molecule has 1 heterocycles. The van der Waals surface area contributed by atoms with E-state index in [1.165, 1.54) is 29.5 Å². The Kier molecular flexibility index (Phi) is 4.72. The molecular weight excluding hydrogens is 371 g/mol. The first-order valence-corrected chi connectivity index (χ1v) is 9.71. The van der Waals surface area contributed by atoms with Gasteiger partial charge < -0.3 is 0 Å². The van der Waals surface area contributed by atoms with Crippen molar-refractivity contribution >= 4 is 11.8 Å². The summed E-state index contributed by atoms with van der Waals surface area (Å²) in [5, 5.41) is 9.49. The zero-order chi connectivity index (χ0) is 19.0. The highest BCUT2D eigenvalue weighted by atomic mass is 32.2. The Morgan fingerprint density at radius 2 is 1.67 bits per heavy atom. The summed E-state index contributed by atoms with van der Waals surface area (Å²) in [5.41, 5.74) is 2.38. The van der Waals surface area contributed by atoms with E-state index in [1.54, 1.807) is 0 Å². The lowest BCUT2D eigenvalue weighted by Crippen LogP contribution is -2.04. The Hall–Kier alpha value is -2.28. The van der Waals surface area contributed by atoms with Gasteiger partial charge >= 0.3 is 6.18 Å². The first-order chi connectivity index (χ1) is 12.9. The number of thioether (sulfide) groups is 1. The molecule has 7 heteroatoms. The molecular formula is C20H18F3N3S. The average Bonchev–Trinajstić information content (AvgIpc) is 3.40. The van der Waals surface area contributed by atoms with Crippen molar-refractivity contribution in [3.63, 3.8) is 0 Å². The van der Waals surface area contributed by atoms with Crippen LogP contribution in [0, 0.1) is 6.92 Å². The Bertz CT molecular complexity index is 927. The van der Waals surface area contributed by atoms with E-state index >= 15 is 0 Å². The normalized spacial score (nSPS) is 14.5. The van der Waals surface area contributed by atoms with E-state index < -0.39 is 11.7 Å². The van der Waals surface area contributed by atoms with E-state index in [1.807, 2.05) is 19.1 Å². The standard InChI is InChI=1S/C20H18F3N3S/c1-13-2-10-17(11-3-13)26-18(15-6-7-15)24-25-19(26)27-12-14-4-8-16(9-5-14)20(21,22)23/h2-5,8-11,15H,6-7,12H2,1H3. The van der Waals surface area contributed by atoms with Crippen molar-refractivity contribution in [3.8, 4) is 5.69 Å². The molecule has 0 unspecified atom stereocenters. The van der Waals surface area contributed by atoms with E-state index in [-0.39, 0.29) is 0 Å². The number of rotatable bonds is 5. The smallest absolute Gasteiger partial charge is 0.274 e. The minimum atomic E-state index is -4.31. The van der Waals surface area contributed by atoms with Crippen molar-refractivity contribution in [1.82, 2.24) is 14.8 Å². The third kappa shape index (κ3) is 4.03. The topological polar surface area (TPSA) is 30.7 Å². The molecule has 0 radical (unpaired) electrons. The maximum Gasteiger partial charge on any atom is 0.416 e. The molecule has 0 spiro atoms. The molecule has 0 bridgehead atoms. The van der Waals surface area contributed by atoms with Gasteiger partial charge in [0.05, 0.1) is 5.56 Å². The number of hydrogen-bond donors (Lipinski definition) is 0. The zero-order valence-electron chi connectivity index (χ0n) is 14.7. The SMILES string of the molecule is Cc1ccc(-n2c(SCc3ccc(C(F)(F)F)cc3)nnc2C2CC2)cc1. The monoisotopic (exact) mass is 389 g/mol. The van der Waals surface area contributed by atoms with E-state index in [9.17, 15) is 13.2 Å². The second-order valence-corrected chi connectivity index (χ2v) is 7.71. The number of halogens is 3. The molecule has 0 aliphatic heterocycles. The molecule has 0 N–H and O–H groups in total. The molecule has 27 heavy (non-hydrogen) atoms. The van der Waals surface area contributed by atoms with Crippen LogP contribution in [0.25, 0.3) is 5.69 Å². The maximum absolute atomic E-state index is 12.7. The van der Waals surface area contributed by atoms with Crippen molar-refractivity contribution < 1.29 is 13.2 Å². The molecule has 0 atom stereocenters. The van der Waals surface area contributed by atoms with Crippen LogP contribution in [0.2, 0.25) is 0 Å². The Morgan fingerprint density at radius 3 is 2.26 bits per heavy atom. The molecule has 0 amide bonds. The van der Waals surface area contributed by atoms with Crippen LogP contribution in [0.3, 0.4) is 0 Å². The molecule has 1 aromatic heterocycles. The summed E-state index contributed by atoms with van der Waals surface area (Å²) < 4.78 is 40.2. The van der Waals surface area contributed by atoms with Crippen molar-refractivity contribution in [2.24, 2.45) is 0 Å². The third-order valence-corrected chi connectivity index (χ3v) is 5.54. The van der Waals surface area contributed by atoms with E-state index in [4.69, 9.17) is 0 Å². The molecule has 2 aromatic carbocycles. The number of hydrogen-bond acceptors (Lipinski definition) is 3. The minimum Gasteiger partial charge on any atom is -0.274 e. The zero-order valence-corrected chi connectivity index (χ0v) is 15.5. The second kappa shape index (κ2) is 7.03. The Labute approximate surface area is 159 Å². The van der Waals surface area contributed by atoms with Gasteiger partial charge in [0.2, 0.25) is 0 Å². The van der Waals surface area contributed by atoms with Gasteiger partial charge in [0, 0.05) is 17.4 Å². The number of aromatic nitrogens is 3. The highest BCUT2D eigenvalue weighted by Gasteiger charge is 2.31. The number of nitrogens with zero attached hydrogens (tertiary/aromatic N) is 3. The van der Waals surface area contributed by atoms with E-state index in [2.05, 4.69) is 26.9 Å². The van der Waals surface area contributed by atoms with Gasteiger partial charge in [-0.25, -0.2) is 0 Å². The molecule has 1 fully saturated rings. The molecule has 1 aliphatic carbocycles. The summed E-state index contributed by atoms with van der Waals surface area (Å²) in [5.74, 6) is 1.94. The first-order valence-electron chi connectivity index (χ1n) is 8.73. The van der Waals surface area contributed by atoms with Crippen LogP contribution < -0.4 is 0 Å². The predicted molar refractivity (Wildman–Crippen MR) is 99.1 cm³/mol. The summed E-state index contributed by atoms with van der Waals surface area (Å²) in [6.07, 6.45) is -2.07. The van der Waals surface area contributed by atoms with Crippen LogP contribution >= 0.6 is 11.8 Å². The lowest BCUT2D eigenvalue weighted by Gasteiger charge is -2.11. The third-order valence-electron chi connectivity index (χ3n) is 4.54. The summed E-state index contributed by atoms with van der Waals surface area (Å²) in [6.45, 7) is 2.04. The quantitative estimate of drug-likeness (QED) is 0.520. The van der Waals surface area contributed by atoms with Gasteiger partial charge in [-0.2, -0.15) is 13.2 Å². The largest absolute Gasteiger partial charge is 0.416 e.